The molecule has 0 radical (unpaired) electrons. The van der Waals surface area contributed by atoms with Crippen molar-refractivity contribution in [2.45, 2.75) is 22.2 Å². The van der Waals surface area contributed by atoms with Gasteiger partial charge in [0.1, 0.15) is 4.90 Å². The number of halogens is 3. The first-order valence-electron chi connectivity index (χ1n) is 5.05. The van der Waals surface area contributed by atoms with Gasteiger partial charge in [0.15, 0.2) is 0 Å². The Bertz CT molecular complexity index is 631. The highest BCUT2D eigenvalue weighted by molar-refractivity contribution is 8.00. The second-order valence-electron chi connectivity index (χ2n) is 3.45. The van der Waals surface area contributed by atoms with Crippen LogP contribution in [0.25, 0.3) is 0 Å². The smallest absolute Gasteiger partial charge is 0.191 e. The van der Waals surface area contributed by atoms with Crippen LogP contribution in [0.1, 0.15) is 5.56 Å². The van der Waals surface area contributed by atoms with E-state index in [1.165, 1.54) is 19.1 Å². The zero-order valence-electron chi connectivity index (χ0n) is 10.6. The van der Waals surface area contributed by atoms with E-state index in [9.17, 15) is 26.2 Å². The van der Waals surface area contributed by atoms with E-state index in [-0.39, 0.29) is 5.56 Å². The van der Waals surface area contributed by atoms with Crippen LogP contribution in [0.15, 0.2) is 28.0 Å². The van der Waals surface area contributed by atoms with E-state index >= 15 is 0 Å². The fraction of sp³-hybridized carbons (Fsp3) is 0.333. The van der Waals surface area contributed by atoms with Crippen molar-refractivity contribution in [3.05, 3.63) is 23.8 Å². The monoisotopic (exact) mass is 365 g/mol. The van der Waals surface area contributed by atoms with Gasteiger partial charge in [0, 0.05) is 9.46 Å². The minimum Gasteiger partial charge on any atom is -0.191 e. The summed E-state index contributed by atoms with van der Waals surface area (Å²) in [6, 6.07) is 3.52. The molecule has 21 heavy (non-hydrogen) atoms. The second kappa shape index (κ2) is 7.03. The number of rotatable bonds is 6. The lowest BCUT2D eigenvalue weighted by atomic mass is 10.2. The molecule has 0 N–H and O–H groups in total. The van der Waals surface area contributed by atoms with Gasteiger partial charge in [-0.1, -0.05) is 16.5 Å². The molecule has 0 amide bonds. The third-order valence-corrected chi connectivity index (χ3v) is 4.79. The topological polar surface area (TPSA) is 78.9 Å². The average molecular weight is 365 g/mol. The number of thioether (sulfide) groups is 1. The van der Waals surface area contributed by atoms with Crippen LogP contribution in [0.5, 0.6) is 0 Å². The van der Waals surface area contributed by atoms with Crippen LogP contribution in [-0.4, -0.2) is 21.0 Å². The van der Waals surface area contributed by atoms with Crippen molar-refractivity contribution in [1.29, 1.82) is 0 Å². The predicted octanol–water partition coefficient (Wildman–Crippen LogP) is 3.55. The quantitative estimate of drug-likeness (QED) is 0.330. The molecule has 0 aromatic heterocycles. The Morgan fingerprint density at radius 1 is 1.29 bits per heavy atom. The van der Waals surface area contributed by atoms with Crippen molar-refractivity contribution in [1.82, 2.24) is 0 Å². The van der Waals surface area contributed by atoms with Gasteiger partial charge in [-0.2, -0.15) is 21.6 Å². The molecule has 0 aliphatic carbocycles. The van der Waals surface area contributed by atoms with Crippen LogP contribution in [0.3, 0.4) is 0 Å². The summed E-state index contributed by atoms with van der Waals surface area (Å²) in [5, 5.41) is 0. The molecule has 6 nitrogen and oxygen atoms in total. The summed E-state index contributed by atoms with van der Waals surface area (Å²) in [6.45, 7) is 1.28. The van der Waals surface area contributed by atoms with Gasteiger partial charge >= 0.3 is 23.9 Å². The molecule has 118 valence electrons. The Morgan fingerprint density at radius 3 is 2.43 bits per heavy atom. The fourth-order valence-corrected chi connectivity index (χ4v) is 3.79. The van der Waals surface area contributed by atoms with Crippen LogP contribution in [0.4, 0.5) is 13.2 Å². The Balaban J connectivity index is 3.18. The molecule has 0 bridgehead atoms. The molecule has 1 atom stereocenters. The van der Waals surface area contributed by atoms with Crippen LogP contribution in [0, 0.1) is 6.92 Å². The average Bonchev–Trinajstić information content (AvgIpc) is 2.33. The highest BCUT2D eigenvalue weighted by atomic mass is 32.2. The maximum absolute atomic E-state index is 12.4. The lowest BCUT2D eigenvalue weighted by Crippen LogP contribution is -2.10. The summed E-state index contributed by atoms with van der Waals surface area (Å²) in [4.78, 5) is -1.30. The first-order valence-corrected chi connectivity index (χ1v) is 8.37. The summed E-state index contributed by atoms with van der Waals surface area (Å²) < 4.78 is 84.0. The first-order chi connectivity index (χ1) is 9.57. The third-order valence-electron chi connectivity index (χ3n) is 1.98. The Labute approximate surface area is 123 Å². The summed E-state index contributed by atoms with van der Waals surface area (Å²) in [6.07, 6.45) is 0. The summed E-state index contributed by atoms with van der Waals surface area (Å²) in [5.74, 6) is 0. The second-order valence-corrected chi connectivity index (χ2v) is 6.97. The van der Waals surface area contributed by atoms with Crippen LogP contribution in [-0.2, 0) is 28.2 Å². The lowest BCUT2D eigenvalue weighted by Gasteiger charge is -2.11. The first kappa shape index (κ1) is 18.3. The number of benzene rings is 1. The number of hydrogen-bond acceptors (Lipinski definition) is 7. The molecule has 0 aliphatic heterocycles. The van der Waals surface area contributed by atoms with E-state index in [2.05, 4.69) is 13.5 Å². The molecular weight excluding hydrogens is 356 g/mol. The molecule has 1 aromatic carbocycles. The Morgan fingerprint density at radius 2 is 1.90 bits per heavy atom. The zero-order valence-corrected chi connectivity index (χ0v) is 13.1. The van der Waals surface area contributed by atoms with Gasteiger partial charge in [-0.3, -0.25) is 0 Å². The van der Waals surface area contributed by atoms with Gasteiger partial charge in [-0.25, -0.2) is 0 Å². The van der Waals surface area contributed by atoms with Gasteiger partial charge in [-0.05, 0) is 30.3 Å². The van der Waals surface area contributed by atoms with E-state index < -0.39 is 45.4 Å². The van der Waals surface area contributed by atoms with Crippen LogP contribution < -0.4 is 0 Å². The highest BCUT2D eigenvalue weighted by Gasteiger charge is 2.35. The predicted molar refractivity (Wildman–Crippen MR) is 67.1 cm³/mol. The molecule has 0 heterocycles. The fourth-order valence-electron chi connectivity index (χ4n) is 1.28. The van der Waals surface area contributed by atoms with Crippen molar-refractivity contribution in [2.24, 2.45) is 0 Å². The van der Waals surface area contributed by atoms with Crippen molar-refractivity contribution in [3.8, 4) is 0 Å². The molecule has 1 rings (SSSR count). The van der Waals surface area contributed by atoms with E-state index in [4.69, 9.17) is 0 Å². The van der Waals surface area contributed by atoms with Crippen molar-refractivity contribution in [2.75, 3.05) is 7.11 Å². The van der Waals surface area contributed by atoms with Gasteiger partial charge in [0.25, 0.3) is 0 Å². The summed E-state index contributed by atoms with van der Waals surface area (Å²) >= 11 is -0.610. The zero-order chi connectivity index (χ0) is 16.3. The van der Waals surface area contributed by atoms with E-state index in [1.807, 2.05) is 0 Å². The van der Waals surface area contributed by atoms with Gasteiger partial charge < -0.3 is 0 Å². The number of hydrogen-bond donors (Lipinski definition) is 0. The lowest BCUT2D eigenvalue weighted by molar-refractivity contribution is -0.0964. The standard InChI is InChI=1S/C9H9F3O6PS2/c1-6-4-3-5-7(20-9(10,11)12)8(6)21(14,15)18-17-19(13)16-2/h3-5H,1-2H3/q+1. The summed E-state index contributed by atoms with van der Waals surface area (Å²) in [7, 11) is -6.60. The Hall–Kier alpha value is -0.710. The normalized spacial score (nSPS) is 13.3. The van der Waals surface area contributed by atoms with Gasteiger partial charge in [0.2, 0.25) is 0 Å². The minimum atomic E-state index is -4.71. The van der Waals surface area contributed by atoms with Gasteiger partial charge in [0.05, 0.1) is 11.8 Å². The van der Waals surface area contributed by atoms with Crippen molar-refractivity contribution < 1.29 is 39.7 Å². The van der Waals surface area contributed by atoms with E-state index in [0.29, 0.717) is 0 Å². The third kappa shape index (κ3) is 5.53. The molecular formula is C9H9F3O6PS2+. The minimum absolute atomic E-state index is 0.0143. The molecule has 1 unspecified atom stereocenters. The molecule has 0 saturated heterocycles. The highest BCUT2D eigenvalue weighted by Crippen LogP contribution is 2.41. The maximum atomic E-state index is 12.4. The van der Waals surface area contributed by atoms with E-state index in [1.54, 1.807) is 0 Å². The maximum Gasteiger partial charge on any atom is 0.729 e. The van der Waals surface area contributed by atoms with E-state index in [0.717, 1.165) is 13.2 Å². The van der Waals surface area contributed by atoms with Crippen LogP contribution >= 0.6 is 20.0 Å². The van der Waals surface area contributed by atoms with Gasteiger partial charge in [-0.15, -0.1) is 4.52 Å². The molecule has 12 heteroatoms. The molecule has 0 spiro atoms. The molecule has 0 aliphatic rings. The molecule has 0 fully saturated rings. The largest absolute Gasteiger partial charge is 0.729 e. The molecule has 1 aromatic rings. The van der Waals surface area contributed by atoms with Crippen molar-refractivity contribution >= 4 is 30.1 Å². The SMILES string of the molecule is CO[P+](=O)OOS(=O)(=O)c1c(C)cccc1SC(F)(F)F. The van der Waals surface area contributed by atoms with Crippen LogP contribution in [0.2, 0.25) is 0 Å². The number of alkyl halides is 3. The Kier molecular flexibility index (Phi) is 6.14. The van der Waals surface area contributed by atoms with Crippen molar-refractivity contribution in [3.63, 3.8) is 0 Å². The molecule has 0 saturated carbocycles. The number of aryl methyl sites for hydroxylation is 1. The summed E-state index contributed by atoms with van der Waals surface area (Å²) in [5.41, 5.74) is -4.67.